The Hall–Kier alpha value is -2.63. The van der Waals surface area contributed by atoms with Crippen molar-refractivity contribution in [1.29, 1.82) is 0 Å². The Labute approximate surface area is 454 Å². The summed E-state index contributed by atoms with van der Waals surface area (Å²) >= 11 is 0. The van der Waals surface area contributed by atoms with Crippen molar-refractivity contribution in [2.45, 2.75) is 348 Å². The van der Waals surface area contributed by atoms with Gasteiger partial charge in [-0.1, -0.05) is 313 Å². The summed E-state index contributed by atoms with van der Waals surface area (Å²) in [5.41, 5.74) is 0. The van der Waals surface area contributed by atoms with Crippen LogP contribution in [0.3, 0.4) is 0 Å². The molecule has 6 heteroatoms. The van der Waals surface area contributed by atoms with Crippen molar-refractivity contribution < 1.29 is 28.6 Å². The number of hydrogen-bond acceptors (Lipinski definition) is 6. The Morgan fingerprint density at radius 2 is 0.534 bits per heavy atom. The molecule has 0 radical (unpaired) electrons. The van der Waals surface area contributed by atoms with E-state index in [1.165, 1.54) is 218 Å². The lowest BCUT2D eigenvalue weighted by Crippen LogP contribution is -2.30. The van der Waals surface area contributed by atoms with Crippen LogP contribution in [0.4, 0.5) is 0 Å². The van der Waals surface area contributed by atoms with Crippen LogP contribution in [0.5, 0.6) is 0 Å². The highest BCUT2D eigenvalue weighted by Gasteiger charge is 2.19. The molecule has 0 aliphatic rings. The Kier molecular flexibility index (Phi) is 59.7. The van der Waals surface area contributed by atoms with Gasteiger partial charge in [0, 0.05) is 19.3 Å². The molecule has 0 amide bonds. The number of hydrogen-bond donors (Lipinski definition) is 0. The fourth-order valence-corrected chi connectivity index (χ4v) is 9.56. The lowest BCUT2D eigenvalue weighted by Gasteiger charge is -2.18. The van der Waals surface area contributed by atoms with Gasteiger partial charge in [0.25, 0.3) is 0 Å². The minimum Gasteiger partial charge on any atom is -0.462 e. The minimum absolute atomic E-state index is 0.0660. The van der Waals surface area contributed by atoms with Crippen LogP contribution in [0, 0.1) is 0 Å². The van der Waals surface area contributed by atoms with Gasteiger partial charge < -0.3 is 14.2 Å². The van der Waals surface area contributed by atoms with Crippen molar-refractivity contribution in [3.05, 3.63) is 48.6 Å². The molecule has 1 unspecified atom stereocenters. The summed E-state index contributed by atoms with van der Waals surface area (Å²) in [6.45, 7) is 6.51. The third-order valence-electron chi connectivity index (χ3n) is 14.3. The topological polar surface area (TPSA) is 78.9 Å². The van der Waals surface area contributed by atoms with Gasteiger partial charge in [-0.05, 0) is 57.8 Å². The fraction of sp³-hybridized carbons (Fsp3) is 0.836. The molecule has 0 aromatic heterocycles. The summed E-state index contributed by atoms with van der Waals surface area (Å²) in [6, 6.07) is 0. The maximum Gasteiger partial charge on any atom is 0.306 e. The van der Waals surface area contributed by atoms with E-state index < -0.39 is 6.10 Å². The van der Waals surface area contributed by atoms with Gasteiger partial charge in [0.15, 0.2) is 6.10 Å². The van der Waals surface area contributed by atoms with Crippen molar-refractivity contribution in [1.82, 2.24) is 0 Å². The van der Waals surface area contributed by atoms with E-state index in [1.807, 2.05) is 0 Å². The number of carbonyl (C=O) groups is 3. The molecular weight excluding hydrogens is 901 g/mol. The van der Waals surface area contributed by atoms with E-state index in [0.29, 0.717) is 19.3 Å². The average molecular weight is 1020 g/mol. The molecule has 0 N–H and O–H groups in total. The van der Waals surface area contributed by atoms with E-state index in [-0.39, 0.29) is 31.1 Å². The first-order valence-corrected chi connectivity index (χ1v) is 32.1. The quantitative estimate of drug-likeness (QED) is 0.0261. The lowest BCUT2D eigenvalue weighted by molar-refractivity contribution is -0.167. The van der Waals surface area contributed by atoms with Crippen molar-refractivity contribution in [2.75, 3.05) is 13.2 Å². The third kappa shape index (κ3) is 60.1. The molecule has 1 atom stereocenters. The number of rotatable bonds is 59. The van der Waals surface area contributed by atoms with Gasteiger partial charge in [-0.2, -0.15) is 0 Å². The van der Waals surface area contributed by atoms with Gasteiger partial charge in [0.2, 0.25) is 0 Å². The Bertz CT molecular complexity index is 1270. The molecule has 0 bridgehead atoms. The summed E-state index contributed by atoms with van der Waals surface area (Å²) in [5, 5.41) is 0. The van der Waals surface area contributed by atoms with Gasteiger partial charge >= 0.3 is 17.9 Å². The predicted molar refractivity (Wildman–Crippen MR) is 316 cm³/mol. The van der Waals surface area contributed by atoms with Gasteiger partial charge in [0.1, 0.15) is 13.2 Å². The molecule has 0 aliphatic carbocycles. The van der Waals surface area contributed by atoms with Crippen molar-refractivity contribution in [3.63, 3.8) is 0 Å². The average Bonchev–Trinajstić information content (AvgIpc) is 3.39. The van der Waals surface area contributed by atoms with Gasteiger partial charge in [-0.3, -0.25) is 14.4 Å². The second-order valence-corrected chi connectivity index (χ2v) is 21.7. The molecule has 0 rings (SSSR count). The first-order valence-electron chi connectivity index (χ1n) is 32.1. The molecule has 426 valence electrons. The van der Waals surface area contributed by atoms with Crippen molar-refractivity contribution >= 4 is 17.9 Å². The van der Waals surface area contributed by atoms with Gasteiger partial charge in [-0.15, -0.1) is 0 Å². The Morgan fingerprint density at radius 1 is 0.288 bits per heavy atom. The zero-order chi connectivity index (χ0) is 52.9. The highest BCUT2D eigenvalue weighted by molar-refractivity contribution is 5.71. The first kappa shape index (κ1) is 70.4. The van der Waals surface area contributed by atoms with E-state index in [0.717, 1.165) is 83.5 Å². The summed E-state index contributed by atoms with van der Waals surface area (Å²) in [6.07, 6.45) is 77.5. The van der Waals surface area contributed by atoms with E-state index in [4.69, 9.17) is 14.2 Å². The molecular formula is C67H122O6. The van der Waals surface area contributed by atoms with Gasteiger partial charge in [-0.25, -0.2) is 0 Å². The monoisotopic (exact) mass is 1020 g/mol. The fourth-order valence-electron chi connectivity index (χ4n) is 9.56. The number of unbranched alkanes of at least 4 members (excludes halogenated alkanes) is 40. The van der Waals surface area contributed by atoms with E-state index in [1.54, 1.807) is 0 Å². The summed E-state index contributed by atoms with van der Waals surface area (Å²) in [7, 11) is 0. The molecule has 0 spiro atoms. The first-order chi connectivity index (χ1) is 36.0. The van der Waals surface area contributed by atoms with E-state index in [9.17, 15) is 14.4 Å². The molecule has 6 nitrogen and oxygen atoms in total. The molecule has 0 aromatic carbocycles. The van der Waals surface area contributed by atoms with E-state index in [2.05, 4.69) is 69.4 Å². The Morgan fingerprint density at radius 3 is 0.836 bits per heavy atom. The van der Waals surface area contributed by atoms with Crippen LogP contribution in [0.1, 0.15) is 342 Å². The predicted octanol–water partition coefficient (Wildman–Crippen LogP) is 21.8. The van der Waals surface area contributed by atoms with Gasteiger partial charge in [0.05, 0.1) is 0 Å². The maximum absolute atomic E-state index is 12.8. The summed E-state index contributed by atoms with van der Waals surface area (Å²) < 4.78 is 16.8. The lowest BCUT2D eigenvalue weighted by atomic mass is 10.0. The zero-order valence-electron chi connectivity index (χ0n) is 48.9. The van der Waals surface area contributed by atoms with Crippen LogP contribution in [0.25, 0.3) is 0 Å². The van der Waals surface area contributed by atoms with Crippen molar-refractivity contribution in [3.8, 4) is 0 Å². The molecule has 0 aliphatic heterocycles. The van der Waals surface area contributed by atoms with Crippen LogP contribution in [0.15, 0.2) is 48.6 Å². The second kappa shape index (κ2) is 61.9. The smallest absolute Gasteiger partial charge is 0.306 e. The summed E-state index contributed by atoms with van der Waals surface area (Å²) in [4.78, 5) is 37.9. The number of allylic oxidation sites excluding steroid dienone is 8. The van der Waals surface area contributed by atoms with Crippen LogP contribution < -0.4 is 0 Å². The zero-order valence-corrected chi connectivity index (χ0v) is 48.9. The summed E-state index contributed by atoms with van der Waals surface area (Å²) in [5.74, 6) is -0.855. The second-order valence-electron chi connectivity index (χ2n) is 21.7. The molecule has 0 heterocycles. The molecule has 0 aromatic rings. The normalized spacial score (nSPS) is 12.3. The molecule has 73 heavy (non-hydrogen) atoms. The molecule has 0 saturated heterocycles. The Balaban J connectivity index is 3.87. The highest BCUT2D eigenvalue weighted by atomic mass is 16.6. The highest BCUT2D eigenvalue weighted by Crippen LogP contribution is 2.18. The van der Waals surface area contributed by atoms with Crippen LogP contribution in [-0.2, 0) is 28.6 Å². The molecule has 0 fully saturated rings. The standard InChI is InChI=1S/C67H122O6/c1-4-7-10-13-16-18-20-22-24-25-26-27-28-29-30-31-32-33-34-35-36-37-38-39-40-41-42-43-44-46-47-49-51-54-57-60-66(69)72-63-64(62-71-65(68)59-56-53-15-12-9-6-3)73-67(70)61-58-55-52-50-48-45-23-21-19-17-14-11-8-5-2/h7,10,16,18,22,24,26-27,64H,4-6,8-9,11-15,17,19-21,23,25,28-63H2,1-3H3/b10-7-,18-16-,24-22-,27-26-. The number of esters is 3. The minimum atomic E-state index is -0.763. The SMILES string of the molecule is CC/C=C\C/C=C\C/C=C\C/C=C\CCCCCCCCCCCCCCCCCCCCCCCCC(=O)OCC(COC(=O)CCCCCCCC)OC(=O)CCCCCCCCCCCCCCCC. The van der Waals surface area contributed by atoms with Crippen LogP contribution in [-0.4, -0.2) is 37.2 Å². The van der Waals surface area contributed by atoms with Crippen LogP contribution in [0.2, 0.25) is 0 Å². The van der Waals surface area contributed by atoms with Crippen molar-refractivity contribution in [2.24, 2.45) is 0 Å². The van der Waals surface area contributed by atoms with E-state index >= 15 is 0 Å². The number of carbonyl (C=O) groups excluding carboxylic acids is 3. The van der Waals surface area contributed by atoms with Crippen LogP contribution >= 0.6 is 0 Å². The molecule has 0 saturated carbocycles. The largest absolute Gasteiger partial charge is 0.462 e. The third-order valence-corrected chi connectivity index (χ3v) is 14.3. The number of ether oxygens (including phenoxy) is 3. The maximum atomic E-state index is 12.8.